The third kappa shape index (κ3) is 2.46. The van der Waals surface area contributed by atoms with Crippen LogP contribution in [0.4, 0.5) is 18.9 Å². The number of rotatable bonds is 2. The first-order valence-corrected chi connectivity index (χ1v) is 9.25. The third-order valence-electron chi connectivity index (χ3n) is 6.64. The Balaban J connectivity index is 1.82. The van der Waals surface area contributed by atoms with Gasteiger partial charge >= 0.3 is 12.1 Å². The summed E-state index contributed by atoms with van der Waals surface area (Å²) in [7, 11) is 1.05. The summed E-state index contributed by atoms with van der Waals surface area (Å²) in [5.41, 5.74) is -7.75. The van der Waals surface area contributed by atoms with E-state index in [0.29, 0.717) is 11.0 Å². The zero-order chi connectivity index (χ0) is 23.1. The highest BCUT2D eigenvalue weighted by atomic mass is 19.4. The smallest absolute Gasteiger partial charge is 0.417 e. The number of anilines is 1. The lowest BCUT2D eigenvalue weighted by molar-refractivity contribution is -0.185. The number of imide groups is 1. The number of fused-ring (bicyclic) bond motifs is 5. The quantitative estimate of drug-likeness (QED) is 0.550. The number of carbonyl (C=O) groups excluding carboxylic acids is 3. The highest BCUT2D eigenvalue weighted by Crippen LogP contribution is 2.65. The Labute approximate surface area is 174 Å². The number of amides is 2. The van der Waals surface area contributed by atoms with Crippen molar-refractivity contribution < 1.29 is 42.1 Å². The molecule has 0 saturated carbocycles. The molecule has 1 aromatic rings. The maximum Gasteiger partial charge on any atom is 0.417 e. The van der Waals surface area contributed by atoms with E-state index >= 15 is 0 Å². The number of alkyl halides is 3. The Morgan fingerprint density at radius 3 is 2.45 bits per heavy atom. The fourth-order valence-electron chi connectivity index (χ4n) is 5.32. The Kier molecular flexibility index (Phi) is 4.15. The SMILES string of the molecule is COC(=O)[C@@]1(O)CC2(C)OC1(C)[C@@H]1C(=O)N(c3ccc(C#N)c(C(F)(F)F)c3)C(=O)[C@@H]12. The number of ether oxygens (including phenoxy) is 2. The molecule has 0 aliphatic carbocycles. The van der Waals surface area contributed by atoms with Crippen LogP contribution in [0.2, 0.25) is 0 Å². The minimum atomic E-state index is -4.88. The van der Waals surface area contributed by atoms with Gasteiger partial charge in [-0.1, -0.05) is 0 Å². The summed E-state index contributed by atoms with van der Waals surface area (Å²) in [6, 6.07) is 3.96. The summed E-state index contributed by atoms with van der Waals surface area (Å²) >= 11 is 0. The molecule has 31 heavy (non-hydrogen) atoms. The van der Waals surface area contributed by atoms with Crippen molar-refractivity contribution in [3.8, 4) is 6.07 Å². The van der Waals surface area contributed by atoms with E-state index in [1.165, 1.54) is 19.9 Å². The van der Waals surface area contributed by atoms with Crippen LogP contribution < -0.4 is 4.90 Å². The molecule has 8 nitrogen and oxygen atoms in total. The number of aliphatic hydroxyl groups is 1. The largest absolute Gasteiger partial charge is 0.467 e. The van der Waals surface area contributed by atoms with E-state index < -0.39 is 63.7 Å². The molecular formula is C20H17F3N2O6. The number of hydrogen-bond donors (Lipinski definition) is 1. The maximum absolute atomic E-state index is 13.4. The molecule has 2 bridgehead atoms. The average molecular weight is 438 g/mol. The fraction of sp³-hybridized carbons (Fsp3) is 0.500. The molecule has 164 valence electrons. The molecule has 3 heterocycles. The number of esters is 1. The van der Waals surface area contributed by atoms with Crippen molar-refractivity contribution in [2.24, 2.45) is 11.8 Å². The number of benzene rings is 1. The summed E-state index contributed by atoms with van der Waals surface area (Å²) in [6.07, 6.45) is -5.20. The van der Waals surface area contributed by atoms with Crippen LogP contribution in [0.15, 0.2) is 18.2 Å². The first kappa shape index (κ1) is 21.3. The van der Waals surface area contributed by atoms with Crippen LogP contribution in [-0.2, 0) is 30.0 Å². The standard InChI is InChI=1S/C20H17F3N2O6/c1-17-8-19(29,16(28)30-3)18(2,31-17)13-12(17)14(26)25(15(13)27)10-5-4-9(7-24)11(6-10)20(21,22)23/h4-6,12-13,29H,8H2,1-3H3/t12-,13+,17?,18?,19+/m1/s1. The van der Waals surface area contributed by atoms with Gasteiger partial charge in [0.25, 0.3) is 0 Å². The third-order valence-corrected chi connectivity index (χ3v) is 6.64. The van der Waals surface area contributed by atoms with Crippen LogP contribution in [-0.4, -0.2) is 46.8 Å². The van der Waals surface area contributed by atoms with Crippen LogP contribution >= 0.6 is 0 Å². The number of nitrogens with zero attached hydrogens (tertiary/aromatic N) is 2. The van der Waals surface area contributed by atoms with E-state index in [-0.39, 0.29) is 12.1 Å². The summed E-state index contributed by atoms with van der Waals surface area (Å²) in [5, 5.41) is 20.0. The van der Waals surface area contributed by atoms with Gasteiger partial charge in [0, 0.05) is 6.42 Å². The van der Waals surface area contributed by atoms with Gasteiger partial charge < -0.3 is 14.6 Å². The second-order valence-corrected chi connectivity index (χ2v) is 8.36. The number of methoxy groups -OCH3 is 1. The highest BCUT2D eigenvalue weighted by molar-refractivity contribution is 6.23. The van der Waals surface area contributed by atoms with Gasteiger partial charge in [-0.2, -0.15) is 18.4 Å². The molecule has 3 saturated heterocycles. The molecule has 3 aliphatic rings. The normalized spacial score (nSPS) is 36.5. The van der Waals surface area contributed by atoms with Crippen molar-refractivity contribution in [3.05, 3.63) is 29.3 Å². The molecule has 0 radical (unpaired) electrons. The monoisotopic (exact) mass is 438 g/mol. The summed E-state index contributed by atoms with van der Waals surface area (Å²) in [6.45, 7) is 2.78. The molecule has 2 unspecified atom stereocenters. The molecular weight excluding hydrogens is 421 g/mol. The number of carbonyl (C=O) groups is 3. The van der Waals surface area contributed by atoms with E-state index in [9.17, 15) is 32.7 Å². The van der Waals surface area contributed by atoms with Gasteiger partial charge in [-0.25, -0.2) is 9.69 Å². The van der Waals surface area contributed by atoms with Crippen molar-refractivity contribution in [1.29, 1.82) is 5.26 Å². The number of hydrogen-bond acceptors (Lipinski definition) is 7. The fourth-order valence-corrected chi connectivity index (χ4v) is 5.32. The van der Waals surface area contributed by atoms with Crippen LogP contribution in [0.3, 0.4) is 0 Å². The van der Waals surface area contributed by atoms with Crippen molar-refractivity contribution >= 4 is 23.5 Å². The average Bonchev–Trinajstić information content (AvgIpc) is 3.19. The number of halogens is 3. The molecule has 5 atom stereocenters. The summed E-state index contributed by atoms with van der Waals surface area (Å²) in [5.74, 6) is -5.16. The van der Waals surface area contributed by atoms with Crippen molar-refractivity contribution in [3.63, 3.8) is 0 Å². The first-order valence-electron chi connectivity index (χ1n) is 9.25. The molecule has 3 aliphatic heterocycles. The molecule has 0 spiro atoms. The summed E-state index contributed by atoms with van der Waals surface area (Å²) < 4.78 is 50.6. The molecule has 1 N–H and O–H groups in total. The molecule has 4 rings (SSSR count). The first-order chi connectivity index (χ1) is 14.2. The van der Waals surface area contributed by atoms with E-state index in [0.717, 1.165) is 19.2 Å². The topological polar surface area (TPSA) is 117 Å². The zero-order valence-electron chi connectivity index (χ0n) is 16.6. The second-order valence-electron chi connectivity index (χ2n) is 8.36. The van der Waals surface area contributed by atoms with Crippen molar-refractivity contribution in [2.45, 2.75) is 43.2 Å². The predicted molar refractivity (Wildman–Crippen MR) is 95.1 cm³/mol. The molecule has 2 amide bonds. The predicted octanol–water partition coefficient (Wildman–Crippen LogP) is 1.54. The molecule has 1 aromatic carbocycles. The minimum Gasteiger partial charge on any atom is -0.467 e. The van der Waals surface area contributed by atoms with Gasteiger partial charge in [-0.15, -0.1) is 0 Å². The molecule has 3 fully saturated rings. The Hall–Kier alpha value is -2.97. The lowest BCUT2D eigenvalue weighted by Crippen LogP contribution is -2.62. The maximum atomic E-state index is 13.4. The van der Waals surface area contributed by atoms with Crippen LogP contribution in [0.25, 0.3) is 0 Å². The van der Waals surface area contributed by atoms with Crippen LogP contribution in [0, 0.1) is 23.2 Å². The highest BCUT2D eigenvalue weighted by Gasteiger charge is 2.82. The van der Waals surface area contributed by atoms with Gasteiger partial charge in [0.2, 0.25) is 11.8 Å². The lowest BCUT2D eigenvalue weighted by Gasteiger charge is -2.40. The summed E-state index contributed by atoms with van der Waals surface area (Å²) in [4.78, 5) is 39.4. The van der Waals surface area contributed by atoms with Crippen molar-refractivity contribution in [2.75, 3.05) is 12.0 Å². The van der Waals surface area contributed by atoms with E-state index in [1.807, 2.05) is 0 Å². The van der Waals surface area contributed by atoms with Gasteiger partial charge in [0.05, 0.1) is 47.4 Å². The molecule has 11 heteroatoms. The van der Waals surface area contributed by atoms with Crippen LogP contribution in [0.1, 0.15) is 31.4 Å². The van der Waals surface area contributed by atoms with Gasteiger partial charge in [0.1, 0.15) is 5.60 Å². The van der Waals surface area contributed by atoms with Crippen molar-refractivity contribution in [1.82, 2.24) is 0 Å². The zero-order valence-corrected chi connectivity index (χ0v) is 16.6. The Bertz CT molecular complexity index is 1080. The van der Waals surface area contributed by atoms with E-state index in [4.69, 9.17) is 10.00 Å². The Morgan fingerprint density at radius 1 is 1.29 bits per heavy atom. The van der Waals surface area contributed by atoms with Crippen LogP contribution in [0.5, 0.6) is 0 Å². The molecule has 0 aromatic heterocycles. The van der Waals surface area contributed by atoms with Gasteiger partial charge in [0.15, 0.2) is 5.60 Å². The number of nitriles is 1. The van der Waals surface area contributed by atoms with E-state index in [2.05, 4.69) is 4.74 Å². The van der Waals surface area contributed by atoms with Gasteiger partial charge in [-0.05, 0) is 32.0 Å². The lowest BCUT2D eigenvalue weighted by atomic mass is 9.61. The van der Waals surface area contributed by atoms with Gasteiger partial charge in [-0.3, -0.25) is 9.59 Å². The second kappa shape index (κ2) is 6.05. The van der Waals surface area contributed by atoms with E-state index in [1.54, 1.807) is 0 Å². The minimum absolute atomic E-state index is 0.321. The Morgan fingerprint density at radius 2 is 1.90 bits per heavy atom.